The minimum atomic E-state index is 0.759. The second kappa shape index (κ2) is 2.94. The molecule has 0 aliphatic carbocycles. The van der Waals surface area contributed by atoms with Gasteiger partial charge in [-0.2, -0.15) is 0 Å². The maximum absolute atomic E-state index is 4.51. The standard InChI is InChI=1S/C11H15N3/c1-8-12-7-6-11(13-8)14-9-2-3-10(14)5-4-9/h6-7,9-10H,2-5H2,1H3. The molecule has 0 aromatic carbocycles. The second-order valence-electron chi connectivity index (χ2n) is 4.33. The van der Waals surface area contributed by atoms with Gasteiger partial charge in [0, 0.05) is 18.3 Å². The molecule has 74 valence electrons. The van der Waals surface area contributed by atoms with E-state index in [0.717, 1.165) is 23.7 Å². The Balaban J connectivity index is 1.95. The molecule has 0 amide bonds. The van der Waals surface area contributed by atoms with Gasteiger partial charge in [-0.25, -0.2) is 9.97 Å². The number of hydrogen-bond donors (Lipinski definition) is 0. The lowest BCUT2D eigenvalue weighted by Gasteiger charge is -2.23. The first-order valence-electron chi connectivity index (χ1n) is 5.42. The van der Waals surface area contributed by atoms with E-state index in [2.05, 4.69) is 14.9 Å². The van der Waals surface area contributed by atoms with E-state index in [-0.39, 0.29) is 0 Å². The van der Waals surface area contributed by atoms with Gasteiger partial charge >= 0.3 is 0 Å². The summed E-state index contributed by atoms with van der Waals surface area (Å²) in [4.78, 5) is 11.2. The summed E-state index contributed by atoms with van der Waals surface area (Å²) in [6.07, 6.45) is 7.29. The van der Waals surface area contributed by atoms with Crippen LogP contribution in [0.15, 0.2) is 12.3 Å². The van der Waals surface area contributed by atoms with Gasteiger partial charge in [0.05, 0.1) is 0 Å². The monoisotopic (exact) mass is 189 g/mol. The predicted molar refractivity (Wildman–Crippen MR) is 55.3 cm³/mol. The Labute approximate surface area is 84.2 Å². The lowest BCUT2D eigenvalue weighted by atomic mass is 10.0. The van der Waals surface area contributed by atoms with Crippen molar-refractivity contribution in [2.75, 3.05) is 4.90 Å². The van der Waals surface area contributed by atoms with Gasteiger partial charge in [-0.3, -0.25) is 0 Å². The van der Waals surface area contributed by atoms with E-state index < -0.39 is 0 Å². The number of nitrogens with zero attached hydrogens (tertiary/aromatic N) is 3. The third-order valence-corrected chi connectivity index (χ3v) is 3.48. The molecule has 1 aromatic rings. The van der Waals surface area contributed by atoms with Gasteiger partial charge in [0.25, 0.3) is 0 Å². The maximum atomic E-state index is 4.51. The van der Waals surface area contributed by atoms with E-state index in [1.165, 1.54) is 25.7 Å². The molecule has 3 heteroatoms. The van der Waals surface area contributed by atoms with Gasteiger partial charge in [-0.15, -0.1) is 0 Å². The smallest absolute Gasteiger partial charge is 0.132 e. The van der Waals surface area contributed by atoms with Crippen LogP contribution in [0.2, 0.25) is 0 Å². The first-order chi connectivity index (χ1) is 6.84. The Hall–Kier alpha value is -1.12. The molecule has 2 aliphatic heterocycles. The second-order valence-corrected chi connectivity index (χ2v) is 4.33. The molecule has 0 saturated carbocycles. The lowest BCUT2D eigenvalue weighted by Crippen LogP contribution is -2.29. The summed E-state index contributed by atoms with van der Waals surface area (Å²) in [5.41, 5.74) is 0. The molecule has 2 aliphatic rings. The zero-order valence-electron chi connectivity index (χ0n) is 8.48. The predicted octanol–water partition coefficient (Wildman–Crippen LogP) is 1.92. The van der Waals surface area contributed by atoms with Crippen LogP contribution in [0.3, 0.4) is 0 Å². The van der Waals surface area contributed by atoms with Gasteiger partial charge in [0.1, 0.15) is 11.6 Å². The van der Waals surface area contributed by atoms with E-state index in [0.29, 0.717) is 0 Å². The highest BCUT2D eigenvalue weighted by Gasteiger charge is 2.39. The van der Waals surface area contributed by atoms with Crippen molar-refractivity contribution in [3.63, 3.8) is 0 Å². The number of fused-ring (bicyclic) bond motifs is 2. The molecular weight excluding hydrogens is 174 g/mol. The average molecular weight is 189 g/mol. The van der Waals surface area contributed by atoms with Gasteiger partial charge in [0.15, 0.2) is 0 Å². The Morgan fingerprint density at radius 1 is 1.21 bits per heavy atom. The minimum Gasteiger partial charge on any atom is -0.351 e. The molecule has 0 N–H and O–H groups in total. The summed E-state index contributed by atoms with van der Waals surface area (Å²) in [5, 5.41) is 0. The van der Waals surface area contributed by atoms with Crippen LogP contribution in [0.25, 0.3) is 0 Å². The van der Waals surface area contributed by atoms with Crippen molar-refractivity contribution >= 4 is 5.82 Å². The van der Waals surface area contributed by atoms with Crippen molar-refractivity contribution in [2.45, 2.75) is 44.7 Å². The zero-order valence-corrected chi connectivity index (χ0v) is 8.48. The molecule has 1 aromatic heterocycles. The summed E-state index contributed by atoms with van der Waals surface area (Å²) in [6.45, 7) is 1.96. The van der Waals surface area contributed by atoms with Gasteiger partial charge in [0.2, 0.25) is 0 Å². The third-order valence-electron chi connectivity index (χ3n) is 3.48. The summed E-state index contributed by atoms with van der Waals surface area (Å²) < 4.78 is 0. The number of aromatic nitrogens is 2. The van der Waals surface area contributed by atoms with Crippen LogP contribution in [-0.2, 0) is 0 Å². The Kier molecular flexibility index (Phi) is 1.72. The molecule has 2 bridgehead atoms. The molecule has 2 fully saturated rings. The Morgan fingerprint density at radius 3 is 2.43 bits per heavy atom. The van der Waals surface area contributed by atoms with Crippen LogP contribution in [0.4, 0.5) is 5.82 Å². The van der Waals surface area contributed by atoms with E-state index in [9.17, 15) is 0 Å². The molecule has 14 heavy (non-hydrogen) atoms. The average Bonchev–Trinajstić information content (AvgIpc) is 2.76. The third kappa shape index (κ3) is 1.11. The largest absolute Gasteiger partial charge is 0.351 e. The Bertz CT molecular complexity index is 330. The molecular formula is C11H15N3. The van der Waals surface area contributed by atoms with Crippen molar-refractivity contribution < 1.29 is 0 Å². The number of anilines is 1. The van der Waals surface area contributed by atoms with Crippen LogP contribution in [0, 0.1) is 6.92 Å². The fourth-order valence-corrected chi connectivity index (χ4v) is 2.87. The highest BCUT2D eigenvalue weighted by atomic mass is 15.3. The zero-order chi connectivity index (χ0) is 9.54. The van der Waals surface area contributed by atoms with E-state index >= 15 is 0 Å². The van der Waals surface area contributed by atoms with E-state index in [1.54, 1.807) is 0 Å². The normalized spacial score (nSPS) is 29.9. The number of hydrogen-bond acceptors (Lipinski definition) is 3. The minimum absolute atomic E-state index is 0.759. The summed E-state index contributed by atoms with van der Waals surface area (Å²) in [6, 6.07) is 3.56. The summed E-state index contributed by atoms with van der Waals surface area (Å²) in [5.74, 6) is 2.02. The van der Waals surface area contributed by atoms with Crippen molar-refractivity contribution in [3.8, 4) is 0 Å². The molecule has 0 radical (unpaired) electrons. The molecule has 3 rings (SSSR count). The van der Waals surface area contributed by atoms with Crippen LogP contribution in [-0.4, -0.2) is 22.1 Å². The number of aryl methyl sites for hydroxylation is 1. The van der Waals surface area contributed by atoms with Crippen LogP contribution >= 0.6 is 0 Å². The van der Waals surface area contributed by atoms with Crippen LogP contribution in [0.5, 0.6) is 0 Å². The highest BCUT2D eigenvalue weighted by molar-refractivity contribution is 5.43. The van der Waals surface area contributed by atoms with Gasteiger partial charge < -0.3 is 4.90 Å². The van der Waals surface area contributed by atoms with Gasteiger partial charge in [-0.05, 0) is 38.7 Å². The van der Waals surface area contributed by atoms with Gasteiger partial charge in [-0.1, -0.05) is 0 Å². The SMILES string of the molecule is Cc1nccc(N2C3CCC2CC3)n1. The van der Waals surface area contributed by atoms with E-state index in [1.807, 2.05) is 19.2 Å². The maximum Gasteiger partial charge on any atom is 0.132 e. The first kappa shape index (κ1) is 8.21. The van der Waals surface area contributed by atoms with Crippen molar-refractivity contribution in [1.29, 1.82) is 0 Å². The van der Waals surface area contributed by atoms with E-state index in [4.69, 9.17) is 0 Å². The van der Waals surface area contributed by atoms with Crippen molar-refractivity contribution in [2.24, 2.45) is 0 Å². The highest BCUT2D eigenvalue weighted by Crippen LogP contribution is 2.39. The molecule has 0 unspecified atom stereocenters. The Morgan fingerprint density at radius 2 is 1.86 bits per heavy atom. The fourth-order valence-electron chi connectivity index (χ4n) is 2.87. The van der Waals surface area contributed by atoms with Crippen molar-refractivity contribution in [1.82, 2.24) is 9.97 Å². The molecule has 3 heterocycles. The molecule has 0 atom stereocenters. The van der Waals surface area contributed by atoms with Crippen molar-refractivity contribution in [3.05, 3.63) is 18.1 Å². The topological polar surface area (TPSA) is 29.0 Å². The lowest BCUT2D eigenvalue weighted by molar-refractivity contribution is 0.576. The molecule has 2 saturated heterocycles. The summed E-state index contributed by atoms with van der Waals surface area (Å²) in [7, 11) is 0. The summed E-state index contributed by atoms with van der Waals surface area (Å²) >= 11 is 0. The number of rotatable bonds is 1. The van der Waals surface area contributed by atoms with Crippen LogP contribution in [0.1, 0.15) is 31.5 Å². The fraction of sp³-hybridized carbons (Fsp3) is 0.636. The molecule has 0 spiro atoms. The quantitative estimate of drug-likeness (QED) is 0.675. The molecule has 3 nitrogen and oxygen atoms in total. The van der Waals surface area contributed by atoms with Crippen LogP contribution < -0.4 is 4.90 Å². The first-order valence-corrected chi connectivity index (χ1v) is 5.42.